The molecule has 8 heteroatoms. The molecule has 3 aromatic rings. The summed E-state index contributed by atoms with van der Waals surface area (Å²) < 4.78 is 8.41. The molecule has 0 radical (unpaired) electrons. The summed E-state index contributed by atoms with van der Waals surface area (Å²) in [6.07, 6.45) is 2.24. The number of rotatable bonds is 4. The molecule has 2 aromatic heterocycles. The number of methoxy groups -OCH3 is 1. The van der Waals surface area contributed by atoms with Crippen LogP contribution < -0.4 is 15.6 Å². The maximum Gasteiger partial charge on any atom is 0.279 e. The second kappa shape index (κ2) is 7.12. The maximum atomic E-state index is 12.9. The first-order valence-corrected chi connectivity index (χ1v) is 9.17. The van der Waals surface area contributed by atoms with Gasteiger partial charge in [0.05, 0.1) is 18.9 Å². The fourth-order valence-corrected chi connectivity index (χ4v) is 3.70. The van der Waals surface area contributed by atoms with Gasteiger partial charge in [-0.25, -0.2) is 0 Å². The summed E-state index contributed by atoms with van der Waals surface area (Å²) in [6, 6.07) is 7.50. The Bertz CT molecular complexity index is 1100. The van der Waals surface area contributed by atoms with E-state index in [9.17, 15) is 9.59 Å². The van der Waals surface area contributed by atoms with Crippen molar-refractivity contribution in [2.75, 3.05) is 20.7 Å². The van der Waals surface area contributed by atoms with Crippen LogP contribution in [0.5, 0.6) is 5.75 Å². The minimum atomic E-state index is -0.256. The zero-order valence-electron chi connectivity index (χ0n) is 16.2. The van der Waals surface area contributed by atoms with Crippen LogP contribution in [0.1, 0.15) is 27.2 Å². The highest BCUT2D eigenvalue weighted by molar-refractivity contribution is 5.99. The molecule has 1 aromatic carbocycles. The smallest absolute Gasteiger partial charge is 0.279 e. The van der Waals surface area contributed by atoms with E-state index < -0.39 is 0 Å². The SMILES string of the molecule is COc1ccc(CNC(=O)c2cnn3c(=O)c4c(n(C)c23)CCN(C)C4)cc1. The third kappa shape index (κ3) is 3.05. The minimum absolute atomic E-state index is 0.149. The monoisotopic (exact) mass is 381 g/mol. The molecule has 0 saturated heterocycles. The Kier molecular flexibility index (Phi) is 4.64. The van der Waals surface area contributed by atoms with Gasteiger partial charge in [0.1, 0.15) is 11.3 Å². The number of likely N-dealkylation sites (N-methyl/N-ethyl adjacent to an activating group) is 1. The highest BCUT2D eigenvalue weighted by Crippen LogP contribution is 2.19. The Morgan fingerprint density at radius 1 is 1.25 bits per heavy atom. The molecule has 1 aliphatic rings. The summed E-state index contributed by atoms with van der Waals surface area (Å²) in [5, 5.41) is 7.11. The first-order chi connectivity index (χ1) is 13.5. The van der Waals surface area contributed by atoms with Crippen molar-refractivity contribution in [2.24, 2.45) is 7.05 Å². The van der Waals surface area contributed by atoms with Crippen LogP contribution in [0.3, 0.4) is 0 Å². The van der Waals surface area contributed by atoms with Crippen LogP contribution in [-0.4, -0.2) is 45.7 Å². The normalized spacial score (nSPS) is 14.1. The van der Waals surface area contributed by atoms with E-state index in [1.807, 2.05) is 42.9 Å². The van der Waals surface area contributed by atoms with E-state index in [2.05, 4.69) is 15.3 Å². The van der Waals surface area contributed by atoms with E-state index >= 15 is 0 Å². The molecule has 0 unspecified atom stereocenters. The third-order valence-corrected chi connectivity index (χ3v) is 5.28. The predicted octanol–water partition coefficient (Wildman–Crippen LogP) is 0.960. The minimum Gasteiger partial charge on any atom is -0.497 e. The molecule has 0 atom stereocenters. The second-order valence-electron chi connectivity index (χ2n) is 7.10. The Morgan fingerprint density at radius 3 is 2.71 bits per heavy atom. The van der Waals surface area contributed by atoms with Crippen molar-refractivity contribution >= 4 is 11.6 Å². The Balaban J connectivity index is 1.64. The lowest BCUT2D eigenvalue weighted by Gasteiger charge is -2.26. The first kappa shape index (κ1) is 18.2. The van der Waals surface area contributed by atoms with Crippen LogP contribution in [0.25, 0.3) is 5.65 Å². The lowest BCUT2D eigenvalue weighted by molar-refractivity contribution is 0.0952. The zero-order chi connectivity index (χ0) is 19.8. The zero-order valence-corrected chi connectivity index (χ0v) is 16.2. The molecular formula is C20H23N5O3. The van der Waals surface area contributed by atoms with Gasteiger partial charge in [0, 0.05) is 38.8 Å². The largest absolute Gasteiger partial charge is 0.497 e. The summed E-state index contributed by atoms with van der Waals surface area (Å²) in [6.45, 7) is 1.85. The molecule has 0 fully saturated rings. The summed E-state index contributed by atoms with van der Waals surface area (Å²) >= 11 is 0. The Hall–Kier alpha value is -3.13. The number of amides is 1. The highest BCUT2D eigenvalue weighted by Gasteiger charge is 2.24. The molecule has 1 amide bonds. The van der Waals surface area contributed by atoms with E-state index in [4.69, 9.17) is 4.74 Å². The van der Waals surface area contributed by atoms with Gasteiger partial charge in [0.2, 0.25) is 0 Å². The molecule has 0 spiro atoms. The van der Waals surface area contributed by atoms with Gasteiger partial charge in [-0.05, 0) is 24.7 Å². The van der Waals surface area contributed by atoms with E-state index in [1.165, 1.54) is 10.7 Å². The van der Waals surface area contributed by atoms with E-state index in [-0.39, 0.29) is 11.5 Å². The summed E-state index contributed by atoms with van der Waals surface area (Å²) in [4.78, 5) is 27.8. The number of carbonyl (C=O) groups excluding carboxylic acids is 1. The number of aryl methyl sites for hydroxylation is 1. The molecule has 8 nitrogen and oxygen atoms in total. The van der Waals surface area contributed by atoms with Gasteiger partial charge in [0.15, 0.2) is 5.65 Å². The maximum absolute atomic E-state index is 12.9. The average Bonchev–Trinajstić information content (AvgIpc) is 3.16. The molecule has 1 aliphatic heterocycles. The predicted molar refractivity (Wildman–Crippen MR) is 105 cm³/mol. The van der Waals surface area contributed by atoms with Crippen molar-refractivity contribution in [3.05, 3.63) is 63.2 Å². The molecule has 1 N–H and O–H groups in total. The number of nitrogens with zero attached hydrogens (tertiary/aromatic N) is 4. The fourth-order valence-electron chi connectivity index (χ4n) is 3.70. The van der Waals surface area contributed by atoms with Crippen molar-refractivity contribution < 1.29 is 9.53 Å². The van der Waals surface area contributed by atoms with Crippen molar-refractivity contribution in [3.63, 3.8) is 0 Å². The van der Waals surface area contributed by atoms with Crippen LogP contribution >= 0.6 is 0 Å². The Labute approximate surface area is 162 Å². The van der Waals surface area contributed by atoms with Crippen LogP contribution in [0.15, 0.2) is 35.3 Å². The lowest BCUT2D eigenvalue weighted by atomic mass is 10.1. The quantitative estimate of drug-likeness (QED) is 0.728. The number of ether oxygens (including phenoxy) is 1. The molecule has 4 rings (SSSR count). The van der Waals surface area contributed by atoms with Gasteiger partial charge in [0.25, 0.3) is 11.5 Å². The van der Waals surface area contributed by atoms with Gasteiger partial charge >= 0.3 is 0 Å². The van der Waals surface area contributed by atoms with Crippen molar-refractivity contribution in [2.45, 2.75) is 19.5 Å². The number of nitrogens with one attached hydrogen (secondary N) is 1. The highest BCUT2D eigenvalue weighted by atomic mass is 16.5. The van der Waals surface area contributed by atoms with Crippen LogP contribution in [0.2, 0.25) is 0 Å². The molecule has 146 valence electrons. The molecular weight excluding hydrogens is 358 g/mol. The average molecular weight is 381 g/mol. The van der Waals surface area contributed by atoms with Crippen molar-refractivity contribution in [1.29, 1.82) is 0 Å². The Morgan fingerprint density at radius 2 is 2.00 bits per heavy atom. The first-order valence-electron chi connectivity index (χ1n) is 9.17. The number of hydrogen-bond donors (Lipinski definition) is 1. The molecule has 0 bridgehead atoms. The summed E-state index contributed by atoms with van der Waals surface area (Å²) in [5.74, 6) is 0.511. The van der Waals surface area contributed by atoms with Gasteiger partial charge in [-0.15, -0.1) is 0 Å². The molecule has 0 saturated carbocycles. The van der Waals surface area contributed by atoms with E-state index in [1.54, 1.807) is 7.11 Å². The number of fused-ring (bicyclic) bond motifs is 2. The van der Waals surface area contributed by atoms with Crippen molar-refractivity contribution in [3.8, 4) is 5.75 Å². The van der Waals surface area contributed by atoms with Gasteiger partial charge in [-0.1, -0.05) is 12.1 Å². The van der Waals surface area contributed by atoms with Crippen LogP contribution in [0.4, 0.5) is 0 Å². The van der Waals surface area contributed by atoms with E-state index in [0.29, 0.717) is 24.3 Å². The number of carbonyl (C=O) groups is 1. The van der Waals surface area contributed by atoms with Gasteiger partial charge in [-0.3, -0.25) is 9.59 Å². The molecule has 0 aliphatic carbocycles. The number of benzene rings is 1. The van der Waals surface area contributed by atoms with Gasteiger partial charge < -0.3 is 19.5 Å². The summed E-state index contributed by atoms with van der Waals surface area (Å²) in [7, 11) is 5.50. The lowest BCUT2D eigenvalue weighted by Crippen LogP contribution is -2.36. The molecule has 3 heterocycles. The topological polar surface area (TPSA) is 80.9 Å². The number of hydrogen-bond acceptors (Lipinski definition) is 5. The van der Waals surface area contributed by atoms with Gasteiger partial charge in [-0.2, -0.15) is 9.61 Å². The fraction of sp³-hybridized carbons (Fsp3) is 0.350. The van der Waals surface area contributed by atoms with Crippen molar-refractivity contribution in [1.82, 2.24) is 24.4 Å². The number of aromatic nitrogens is 3. The third-order valence-electron chi connectivity index (χ3n) is 5.28. The standard InChI is InChI=1S/C20H23N5O3/c1-23-9-8-17-16(12-23)20(27)25-19(24(17)2)15(11-22-25)18(26)21-10-13-4-6-14(28-3)7-5-13/h4-7,11H,8-10,12H2,1-3H3,(H,21,26). The molecule has 28 heavy (non-hydrogen) atoms. The summed E-state index contributed by atoms with van der Waals surface area (Å²) in [5.41, 5.74) is 3.46. The van der Waals surface area contributed by atoms with E-state index in [0.717, 1.165) is 35.5 Å². The van der Waals surface area contributed by atoms with Crippen LogP contribution in [0, 0.1) is 0 Å². The second-order valence-corrected chi connectivity index (χ2v) is 7.10. The van der Waals surface area contributed by atoms with Crippen LogP contribution in [-0.2, 0) is 26.6 Å².